The van der Waals surface area contributed by atoms with Crippen LogP contribution >= 0.6 is 23.4 Å². The van der Waals surface area contributed by atoms with Crippen molar-refractivity contribution < 1.29 is 14.6 Å². The molecule has 3 aromatic rings. The van der Waals surface area contributed by atoms with Crippen LogP contribution in [0.3, 0.4) is 0 Å². The molecule has 4 rings (SSSR count). The third-order valence-corrected chi connectivity index (χ3v) is 7.25. The molecule has 172 valence electrons. The molecule has 2 atom stereocenters. The van der Waals surface area contributed by atoms with Gasteiger partial charge in [0, 0.05) is 27.4 Å². The Bertz CT molecular complexity index is 1080. The molecular weight excluding hydrogens is 454 g/mol. The molecule has 1 aliphatic carbocycles. The number of benzene rings is 3. The minimum absolute atomic E-state index is 0.226. The van der Waals surface area contributed by atoms with E-state index in [-0.39, 0.29) is 12.0 Å². The van der Waals surface area contributed by atoms with Crippen molar-refractivity contribution in [2.75, 3.05) is 0 Å². The quantitative estimate of drug-likeness (QED) is 0.352. The molecule has 1 aliphatic rings. The Labute approximate surface area is 204 Å². The lowest BCUT2D eigenvalue weighted by Gasteiger charge is -2.27. The molecule has 33 heavy (non-hydrogen) atoms. The summed E-state index contributed by atoms with van der Waals surface area (Å²) >= 11 is 8.21. The third kappa shape index (κ3) is 7.00. The largest absolute Gasteiger partial charge is 0.489 e. The van der Waals surface area contributed by atoms with Crippen molar-refractivity contribution in [2.45, 2.75) is 54.7 Å². The summed E-state index contributed by atoms with van der Waals surface area (Å²) in [6, 6.07) is 24.5. The van der Waals surface area contributed by atoms with Crippen LogP contribution in [0.4, 0.5) is 0 Å². The highest BCUT2D eigenvalue weighted by molar-refractivity contribution is 7.99. The Balaban J connectivity index is 1.32. The van der Waals surface area contributed by atoms with Crippen molar-refractivity contribution in [3.05, 3.63) is 88.9 Å². The summed E-state index contributed by atoms with van der Waals surface area (Å²) in [5.41, 5.74) is 2.16. The highest BCUT2D eigenvalue weighted by Crippen LogP contribution is 2.33. The molecule has 3 aromatic carbocycles. The van der Waals surface area contributed by atoms with Crippen LogP contribution in [0, 0.1) is 5.92 Å². The molecule has 4 nitrogen and oxygen atoms in total. The standard InChI is InChI=1S/C27H28ClNO3S/c28-26-16-25(13-12-21(26)17-29-22-9-4-8-20(14-22)27(30)31)33-24-11-5-10-23(15-24)32-18-19-6-2-1-3-7-19/h1-3,5-7,10-13,15-16,20,22,29H,4,8-9,14,17-18H2,(H,30,31). The number of nitrogens with one attached hydrogen (secondary N) is 1. The van der Waals surface area contributed by atoms with Gasteiger partial charge in [-0.2, -0.15) is 0 Å². The highest BCUT2D eigenvalue weighted by atomic mass is 35.5. The minimum atomic E-state index is -0.685. The van der Waals surface area contributed by atoms with E-state index < -0.39 is 5.97 Å². The number of aliphatic carboxylic acids is 1. The van der Waals surface area contributed by atoms with Crippen molar-refractivity contribution in [3.8, 4) is 5.75 Å². The normalized spacial score (nSPS) is 18.1. The van der Waals surface area contributed by atoms with Gasteiger partial charge in [0.1, 0.15) is 12.4 Å². The van der Waals surface area contributed by atoms with Crippen LogP contribution in [0.15, 0.2) is 82.6 Å². The highest BCUT2D eigenvalue weighted by Gasteiger charge is 2.26. The van der Waals surface area contributed by atoms with Gasteiger partial charge in [0.25, 0.3) is 0 Å². The van der Waals surface area contributed by atoms with E-state index in [1.165, 1.54) is 0 Å². The van der Waals surface area contributed by atoms with E-state index in [0.717, 1.165) is 51.0 Å². The molecule has 0 heterocycles. The zero-order valence-corrected chi connectivity index (χ0v) is 19.9. The molecule has 2 unspecified atom stereocenters. The molecule has 0 saturated heterocycles. The first kappa shape index (κ1) is 23.7. The van der Waals surface area contributed by atoms with E-state index in [4.69, 9.17) is 16.3 Å². The zero-order chi connectivity index (χ0) is 23.0. The molecule has 0 aliphatic heterocycles. The number of ether oxygens (including phenoxy) is 1. The van der Waals surface area contributed by atoms with E-state index in [2.05, 4.69) is 29.6 Å². The van der Waals surface area contributed by atoms with Crippen LogP contribution in [-0.4, -0.2) is 17.1 Å². The molecule has 1 saturated carbocycles. The Morgan fingerprint density at radius 3 is 2.64 bits per heavy atom. The maximum Gasteiger partial charge on any atom is 0.306 e. The van der Waals surface area contributed by atoms with Crippen molar-refractivity contribution in [1.82, 2.24) is 5.32 Å². The fraction of sp³-hybridized carbons (Fsp3) is 0.296. The summed E-state index contributed by atoms with van der Waals surface area (Å²) in [5, 5.41) is 13.5. The second-order valence-corrected chi connectivity index (χ2v) is 9.94. The Morgan fingerprint density at radius 1 is 1.03 bits per heavy atom. The van der Waals surface area contributed by atoms with Gasteiger partial charge >= 0.3 is 5.97 Å². The average molecular weight is 482 g/mol. The molecule has 2 N–H and O–H groups in total. The monoisotopic (exact) mass is 481 g/mol. The SMILES string of the molecule is O=C(O)C1CCCC(NCc2ccc(Sc3cccc(OCc4ccccc4)c3)cc2Cl)C1. The molecule has 6 heteroatoms. The lowest BCUT2D eigenvalue weighted by atomic mass is 9.86. The Hall–Kier alpha value is -2.47. The van der Waals surface area contributed by atoms with Crippen LogP contribution in [0.25, 0.3) is 0 Å². The summed E-state index contributed by atoms with van der Waals surface area (Å²) < 4.78 is 5.94. The molecule has 0 amide bonds. The van der Waals surface area contributed by atoms with E-state index in [9.17, 15) is 9.90 Å². The maximum absolute atomic E-state index is 11.3. The van der Waals surface area contributed by atoms with Gasteiger partial charge in [-0.25, -0.2) is 0 Å². The second kappa shape index (κ2) is 11.6. The van der Waals surface area contributed by atoms with E-state index in [1.807, 2.05) is 48.5 Å². The number of carboxylic acid groups (broad SMARTS) is 1. The van der Waals surface area contributed by atoms with E-state index in [1.54, 1.807) is 11.8 Å². The van der Waals surface area contributed by atoms with Gasteiger partial charge in [0.15, 0.2) is 0 Å². The van der Waals surface area contributed by atoms with Crippen molar-refractivity contribution in [3.63, 3.8) is 0 Å². The molecule has 0 bridgehead atoms. The lowest BCUT2D eigenvalue weighted by Crippen LogP contribution is -2.36. The third-order valence-electron chi connectivity index (χ3n) is 5.92. The topological polar surface area (TPSA) is 58.6 Å². The van der Waals surface area contributed by atoms with Crippen molar-refractivity contribution >= 4 is 29.3 Å². The van der Waals surface area contributed by atoms with E-state index in [0.29, 0.717) is 19.6 Å². The number of carbonyl (C=O) groups is 1. The molecular formula is C27H28ClNO3S. The fourth-order valence-corrected chi connectivity index (χ4v) is 5.31. The number of rotatable bonds is 9. The van der Waals surface area contributed by atoms with Crippen molar-refractivity contribution in [2.24, 2.45) is 5.92 Å². The van der Waals surface area contributed by atoms with Gasteiger partial charge in [-0.1, -0.05) is 72.2 Å². The predicted molar refractivity (Wildman–Crippen MR) is 133 cm³/mol. The first-order valence-electron chi connectivity index (χ1n) is 11.3. The number of hydrogen-bond donors (Lipinski definition) is 2. The van der Waals surface area contributed by atoms with Crippen LogP contribution in [-0.2, 0) is 17.9 Å². The molecule has 1 fully saturated rings. The Kier molecular flexibility index (Phi) is 8.32. The number of halogens is 1. The first-order valence-corrected chi connectivity index (χ1v) is 12.5. The van der Waals surface area contributed by atoms with Gasteiger partial charge in [-0.05, 0) is 60.7 Å². The fourth-order valence-electron chi connectivity index (χ4n) is 4.09. The Morgan fingerprint density at radius 2 is 1.85 bits per heavy atom. The van der Waals surface area contributed by atoms with Crippen LogP contribution in [0.1, 0.15) is 36.8 Å². The summed E-state index contributed by atoms with van der Waals surface area (Å²) in [6.45, 7) is 1.18. The van der Waals surface area contributed by atoms with Gasteiger partial charge in [-0.15, -0.1) is 0 Å². The summed E-state index contributed by atoms with van der Waals surface area (Å²) in [5.74, 6) is -0.0868. The van der Waals surface area contributed by atoms with E-state index >= 15 is 0 Å². The van der Waals surface area contributed by atoms with Gasteiger partial charge in [0.2, 0.25) is 0 Å². The van der Waals surface area contributed by atoms with Gasteiger partial charge in [0.05, 0.1) is 5.92 Å². The van der Waals surface area contributed by atoms with Crippen LogP contribution in [0.2, 0.25) is 5.02 Å². The summed E-state index contributed by atoms with van der Waals surface area (Å²) in [4.78, 5) is 13.4. The first-order chi connectivity index (χ1) is 16.1. The second-order valence-electron chi connectivity index (χ2n) is 8.38. The van der Waals surface area contributed by atoms with Crippen molar-refractivity contribution in [1.29, 1.82) is 0 Å². The minimum Gasteiger partial charge on any atom is -0.489 e. The summed E-state index contributed by atoms with van der Waals surface area (Å²) in [6.07, 6.45) is 3.42. The number of carboxylic acids is 1. The van der Waals surface area contributed by atoms with Gasteiger partial charge in [-0.3, -0.25) is 4.79 Å². The van der Waals surface area contributed by atoms with Gasteiger partial charge < -0.3 is 15.2 Å². The number of hydrogen-bond acceptors (Lipinski definition) is 4. The predicted octanol–water partition coefficient (Wildman–Crippen LogP) is 6.80. The maximum atomic E-state index is 11.3. The lowest BCUT2D eigenvalue weighted by molar-refractivity contribution is -0.143. The molecule has 0 spiro atoms. The zero-order valence-electron chi connectivity index (χ0n) is 18.4. The average Bonchev–Trinajstić information content (AvgIpc) is 2.83. The molecule has 0 radical (unpaired) electrons. The summed E-state index contributed by atoms with van der Waals surface area (Å²) in [7, 11) is 0. The smallest absolute Gasteiger partial charge is 0.306 e. The van der Waals surface area contributed by atoms with Crippen LogP contribution in [0.5, 0.6) is 5.75 Å². The van der Waals surface area contributed by atoms with Crippen LogP contribution < -0.4 is 10.1 Å². The molecule has 0 aromatic heterocycles.